The molecule has 2 aromatic carbocycles. The molecular formula is C32H36F3N5O2. The molecule has 0 spiro atoms. The maximum atomic E-state index is 13.8. The first-order chi connectivity index (χ1) is 20.2. The second-order valence-electron chi connectivity index (χ2n) is 11.0. The molecule has 0 unspecified atom stereocenters. The predicted octanol–water partition coefficient (Wildman–Crippen LogP) is 6.81. The summed E-state index contributed by atoms with van der Waals surface area (Å²) in [6.07, 6.45) is 1.57. The number of aromatic nitrogens is 1. The van der Waals surface area contributed by atoms with Crippen LogP contribution in [-0.4, -0.2) is 42.5 Å². The Hall–Kier alpha value is -3.92. The molecule has 5 rings (SSSR count). The van der Waals surface area contributed by atoms with E-state index in [9.17, 15) is 22.8 Å². The molecule has 42 heavy (non-hydrogen) atoms. The zero-order chi connectivity index (χ0) is 29.7. The molecule has 3 aromatic rings. The van der Waals surface area contributed by atoms with Crippen LogP contribution < -0.4 is 20.9 Å². The lowest BCUT2D eigenvalue weighted by Crippen LogP contribution is -2.56. The van der Waals surface area contributed by atoms with Crippen molar-refractivity contribution in [1.82, 2.24) is 4.98 Å². The number of hydrogen-bond acceptors (Lipinski definition) is 5. The molecule has 2 amide bonds. The number of aryl methyl sites for hydroxylation is 1. The Morgan fingerprint density at radius 1 is 1.00 bits per heavy atom. The summed E-state index contributed by atoms with van der Waals surface area (Å²) >= 11 is 0. The summed E-state index contributed by atoms with van der Waals surface area (Å²) < 4.78 is 40.1. The summed E-state index contributed by atoms with van der Waals surface area (Å²) in [5, 5.41) is 3.00. The van der Waals surface area contributed by atoms with Gasteiger partial charge in [-0.05, 0) is 80.6 Å². The monoisotopic (exact) mass is 579 g/mol. The molecule has 2 aliphatic rings. The van der Waals surface area contributed by atoms with Crippen molar-refractivity contribution in [1.29, 1.82) is 0 Å². The number of nitrogens with one attached hydrogen (secondary N) is 1. The van der Waals surface area contributed by atoms with Crippen LogP contribution in [0.3, 0.4) is 0 Å². The third-order valence-electron chi connectivity index (χ3n) is 7.92. The fourth-order valence-electron chi connectivity index (χ4n) is 5.74. The summed E-state index contributed by atoms with van der Waals surface area (Å²) in [6, 6.07) is 15.6. The molecule has 1 saturated heterocycles. The molecule has 7 nitrogen and oxygen atoms in total. The highest BCUT2D eigenvalue weighted by Crippen LogP contribution is 2.40. The van der Waals surface area contributed by atoms with Crippen molar-refractivity contribution in [3.05, 3.63) is 71.8 Å². The van der Waals surface area contributed by atoms with Crippen LogP contribution in [0.5, 0.6) is 0 Å². The van der Waals surface area contributed by atoms with Crippen molar-refractivity contribution in [2.75, 3.05) is 34.8 Å². The van der Waals surface area contributed by atoms with Gasteiger partial charge in [-0.1, -0.05) is 30.7 Å². The van der Waals surface area contributed by atoms with Gasteiger partial charge in [-0.15, -0.1) is 0 Å². The lowest BCUT2D eigenvalue weighted by Gasteiger charge is -2.45. The van der Waals surface area contributed by atoms with E-state index in [1.165, 1.54) is 6.07 Å². The highest BCUT2D eigenvalue weighted by molar-refractivity contribution is 6.04. The van der Waals surface area contributed by atoms with Gasteiger partial charge in [-0.3, -0.25) is 9.69 Å². The highest BCUT2D eigenvalue weighted by Gasteiger charge is 2.38. The minimum absolute atomic E-state index is 0.115. The normalized spacial score (nSPS) is 16.2. The molecule has 0 aliphatic carbocycles. The Labute approximate surface area is 243 Å². The lowest BCUT2D eigenvalue weighted by atomic mass is 9.99. The first-order valence-corrected chi connectivity index (χ1v) is 14.6. The number of ketones is 1. The number of nitrogens with zero attached hydrogens (tertiary/aromatic N) is 3. The van der Waals surface area contributed by atoms with Gasteiger partial charge in [0.1, 0.15) is 5.78 Å². The Morgan fingerprint density at radius 2 is 1.83 bits per heavy atom. The summed E-state index contributed by atoms with van der Waals surface area (Å²) in [7, 11) is 0. The summed E-state index contributed by atoms with van der Waals surface area (Å²) in [4.78, 5) is 34.6. The molecule has 222 valence electrons. The zero-order valence-corrected chi connectivity index (χ0v) is 23.5. The van der Waals surface area contributed by atoms with E-state index in [1.807, 2.05) is 24.3 Å². The molecule has 0 radical (unpaired) electrons. The van der Waals surface area contributed by atoms with Crippen LogP contribution in [0.1, 0.15) is 56.1 Å². The van der Waals surface area contributed by atoms with E-state index in [-0.39, 0.29) is 17.9 Å². The van der Waals surface area contributed by atoms with Gasteiger partial charge < -0.3 is 16.0 Å². The number of Topliss-reactive ketones (excluding diaryl/α,β-unsaturated/α-hetero) is 1. The standard InChI is InChI=1S/C32H36F3N5O2/c33-32(34,35)24-9-5-8-23(20-24)28-15-16-29-30(38-28)40(26-11-6-18-39(29)21-26)31(42)37-25-10-4-7-22(19-25)13-14-27(41)12-2-1-3-17-36/h4-5,7-10,15-16,19-20,26H,1-3,6,11-14,17-18,21,36H2,(H,37,42)/t26-/m0/s1. The number of rotatable bonds is 10. The number of alkyl halides is 3. The van der Waals surface area contributed by atoms with E-state index >= 15 is 0 Å². The minimum atomic E-state index is -4.47. The van der Waals surface area contributed by atoms with Gasteiger partial charge >= 0.3 is 12.2 Å². The fourth-order valence-corrected chi connectivity index (χ4v) is 5.74. The molecule has 0 saturated carbocycles. The Bertz CT molecular complexity index is 1430. The number of anilines is 3. The fraction of sp³-hybridized carbons (Fsp3) is 0.406. The Kier molecular flexibility index (Phi) is 9.11. The van der Waals surface area contributed by atoms with Gasteiger partial charge in [0.15, 0.2) is 5.82 Å². The number of carbonyl (C=O) groups is 2. The number of pyridine rings is 1. The van der Waals surface area contributed by atoms with E-state index in [0.717, 1.165) is 62.0 Å². The first kappa shape index (κ1) is 29.6. The first-order valence-electron chi connectivity index (χ1n) is 14.6. The number of urea groups is 1. The van der Waals surface area contributed by atoms with Crippen LogP contribution in [0.25, 0.3) is 11.3 Å². The average Bonchev–Trinajstić information content (AvgIpc) is 2.98. The van der Waals surface area contributed by atoms with Crippen molar-refractivity contribution < 1.29 is 22.8 Å². The number of benzene rings is 2. The van der Waals surface area contributed by atoms with Gasteiger partial charge in [-0.25, -0.2) is 9.78 Å². The molecular weight excluding hydrogens is 543 g/mol. The highest BCUT2D eigenvalue weighted by atomic mass is 19.4. The minimum Gasteiger partial charge on any atom is -0.366 e. The molecule has 10 heteroatoms. The van der Waals surface area contributed by atoms with E-state index < -0.39 is 11.7 Å². The molecule has 2 aliphatic heterocycles. The third-order valence-corrected chi connectivity index (χ3v) is 7.92. The number of amides is 2. The summed E-state index contributed by atoms with van der Waals surface area (Å²) in [5.74, 6) is 0.658. The van der Waals surface area contributed by atoms with Crippen molar-refractivity contribution in [3.8, 4) is 11.3 Å². The number of piperidine rings is 1. The van der Waals surface area contributed by atoms with Crippen LogP contribution in [0.15, 0.2) is 60.7 Å². The lowest BCUT2D eigenvalue weighted by molar-refractivity contribution is -0.137. The molecule has 3 heterocycles. The van der Waals surface area contributed by atoms with E-state index in [1.54, 1.807) is 23.1 Å². The molecule has 2 bridgehead atoms. The number of halogens is 3. The van der Waals surface area contributed by atoms with Crippen molar-refractivity contribution in [3.63, 3.8) is 0 Å². The molecule has 1 atom stereocenters. The second-order valence-corrected chi connectivity index (χ2v) is 11.0. The quantitative estimate of drug-likeness (QED) is 0.258. The summed E-state index contributed by atoms with van der Waals surface area (Å²) in [6.45, 7) is 2.14. The van der Waals surface area contributed by atoms with Crippen LogP contribution in [0.2, 0.25) is 0 Å². The molecule has 1 aromatic heterocycles. The maximum absolute atomic E-state index is 13.8. The number of fused-ring (bicyclic) bond motifs is 4. The van der Waals surface area contributed by atoms with Crippen molar-refractivity contribution in [2.45, 2.75) is 63.6 Å². The van der Waals surface area contributed by atoms with E-state index in [2.05, 4.69) is 10.2 Å². The molecule has 3 N–H and O–H groups in total. The smallest absolute Gasteiger partial charge is 0.366 e. The second kappa shape index (κ2) is 12.9. The number of hydrogen-bond donors (Lipinski definition) is 2. The van der Waals surface area contributed by atoms with Crippen LogP contribution in [-0.2, 0) is 17.4 Å². The number of unbranched alkanes of at least 4 members (excludes halogenated alkanes) is 2. The van der Waals surface area contributed by atoms with Crippen LogP contribution in [0, 0.1) is 0 Å². The van der Waals surface area contributed by atoms with Crippen LogP contribution >= 0.6 is 0 Å². The van der Waals surface area contributed by atoms with E-state index in [0.29, 0.717) is 55.1 Å². The maximum Gasteiger partial charge on any atom is 0.416 e. The van der Waals surface area contributed by atoms with Gasteiger partial charge in [0.05, 0.1) is 23.0 Å². The Balaban J connectivity index is 1.34. The van der Waals surface area contributed by atoms with E-state index in [4.69, 9.17) is 10.7 Å². The molecule has 1 fully saturated rings. The van der Waals surface area contributed by atoms with Crippen molar-refractivity contribution in [2.24, 2.45) is 5.73 Å². The Morgan fingerprint density at radius 3 is 2.64 bits per heavy atom. The third kappa shape index (κ3) is 6.92. The largest absolute Gasteiger partial charge is 0.416 e. The van der Waals surface area contributed by atoms with Crippen LogP contribution in [0.4, 0.5) is 35.2 Å². The van der Waals surface area contributed by atoms with Gasteiger partial charge in [0.25, 0.3) is 0 Å². The van der Waals surface area contributed by atoms with Gasteiger partial charge in [-0.2, -0.15) is 13.2 Å². The SMILES string of the molecule is NCCCCCC(=O)CCc1cccc(NC(=O)N2c3nc(-c4cccc(C(F)(F)F)c4)ccc3N3CCC[C@H]2C3)c1. The average molecular weight is 580 g/mol. The predicted molar refractivity (Wildman–Crippen MR) is 159 cm³/mol. The summed E-state index contributed by atoms with van der Waals surface area (Å²) in [5.41, 5.74) is 7.83. The number of carbonyl (C=O) groups excluding carboxylic acids is 2. The van der Waals surface area contributed by atoms with Gasteiger partial charge in [0.2, 0.25) is 0 Å². The van der Waals surface area contributed by atoms with Crippen molar-refractivity contribution >= 4 is 29.0 Å². The van der Waals surface area contributed by atoms with Gasteiger partial charge in [0, 0.05) is 37.2 Å². The zero-order valence-electron chi connectivity index (χ0n) is 23.5. The topological polar surface area (TPSA) is 91.6 Å². The number of nitrogens with two attached hydrogens (primary N) is 1.